The van der Waals surface area contributed by atoms with Crippen LogP contribution in [0.3, 0.4) is 0 Å². The van der Waals surface area contributed by atoms with Gasteiger partial charge in [-0.05, 0) is 17.7 Å². The Balaban J connectivity index is 2.98. The second kappa shape index (κ2) is 5.57. The molecule has 8 heteroatoms. The van der Waals surface area contributed by atoms with Gasteiger partial charge in [0, 0.05) is 5.37 Å². The molecule has 0 aliphatic heterocycles. The maximum Gasteiger partial charge on any atom is 0.422 e. The molecule has 1 rings (SSSR count). The fraction of sp³-hybridized carbons (Fsp3) is 0.300. The van der Waals surface area contributed by atoms with E-state index < -0.39 is 36.2 Å². The van der Waals surface area contributed by atoms with Gasteiger partial charge in [-0.2, -0.15) is 13.2 Å². The average Bonchev–Trinajstić information content (AvgIpc) is 2.25. The number of halogens is 5. The van der Waals surface area contributed by atoms with Gasteiger partial charge in [-0.1, -0.05) is 12.2 Å². The van der Waals surface area contributed by atoms with Gasteiger partial charge in [0.05, 0.1) is 6.04 Å². The van der Waals surface area contributed by atoms with Gasteiger partial charge in [0.15, 0.2) is 24.0 Å². The predicted molar refractivity (Wildman–Crippen MR) is 58.5 cm³/mol. The van der Waals surface area contributed by atoms with Gasteiger partial charge in [0.1, 0.15) is 0 Å². The van der Waals surface area contributed by atoms with Gasteiger partial charge in [0.2, 0.25) is 0 Å². The SMILES string of the molecule is NC(C=S)c1cc(F)c(OCC(F)(F)F)c(F)c1. The number of ether oxygens (including phenoxy) is 1. The minimum Gasteiger partial charge on any atom is -0.478 e. The van der Waals surface area contributed by atoms with Crippen LogP contribution in [0.15, 0.2) is 12.1 Å². The minimum atomic E-state index is -4.68. The molecule has 1 unspecified atom stereocenters. The summed E-state index contributed by atoms with van der Waals surface area (Å²) in [7, 11) is 0. The second-order valence-electron chi connectivity index (χ2n) is 3.38. The molecule has 1 atom stereocenters. The highest BCUT2D eigenvalue weighted by molar-refractivity contribution is 7.79. The Kier molecular flexibility index (Phi) is 4.58. The lowest BCUT2D eigenvalue weighted by Gasteiger charge is -2.13. The lowest BCUT2D eigenvalue weighted by molar-refractivity contribution is -0.154. The molecule has 0 saturated heterocycles. The number of hydrogen-bond donors (Lipinski definition) is 1. The van der Waals surface area contributed by atoms with Gasteiger partial charge < -0.3 is 10.5 Å². The molecule has 0 saturated carbocycles. The highest BCUT2D eigenvalue weighted by Gasteiger charge is 2.30. The molecule has 18 heavy (non-hydrogen) atoms. The Labute approximate surface area is 105 Å². The Bertz CT molecular complexity index is 425. The highest BCUT2D eigenvalue weighted by Crippen LogP contribution is 2.27. The van der Waals surface area contributed by atoms with Crippen molar-refractivity contribution in [3.05, 3.63) is 29.3 Å². The van der Waals surface area contributed by atoms with Crippen LogP contribution in [-0.4, -0.2) is 18.2 Å². The zero-order valence-electron chi connectivity index (χ0n) is 8.80. The van der Waals surface area contributed by atoms with Crippen molar-refractivity contribution < 1.29 is 26.7 Å². The zero-order chi connectivity index (χ0) is 13.9. The largest absolute Gasteiger partial charge is 0.478 e. The van der Waals surface area contributed by atoms with Crippen LogP contribution in [0.4, 0.5) is 22.0 Å². The number of rotatable bonds is 4. The molecule has 2 N–H and O–H groups in total. The number of hydrogen-bond acceptors (Lipinski definition) is 3. The fourth-order valence-electron chi connectivity index (χ4n) is 1.14. The van der Waals surface area contributed by atoms with Crippen molar-refractivity contribution in [3.63, 3.8) is 0 Å². The predicted octanol–water partition coefficient (Wildman–Crippen LogP) is 2.91. The molecule has 0 bridgehead atoms. The maximum atomic E-state index is 13.3. The van der Waals surface area contributed by atoms with Crippen molar-refractivity contribution in [1.82, 2.24) is 0 Å². The van der Waals surface area contributed by atoms with Crippen molar-refractivity contribution in [2.24, 2.45) is 5.73 Å². The molecule has 0 aromatic heterocycles. The minimum absolute atomic E-state index is 0.0133. The second-order valence-corrected chi connectivity index (χ2v) is 3.65. The summed E-state index contributed by atoms with van der Waals surface area (Å²) in [5, 5.41) is 1.07. The average molecular weight is 285 g/mol. The van der Waals surface area contributed by atoms with E-state index in [-0.39, 0.29) is 5.56 Å². The molecule has 2 nitrogen and oxygen atoms in total. The third-order valence-corrected chi connectivity index (χ3v) is 2.23. The zero-order valence-corrected chi connectivity index (χ0v) is 9.62. The van der Waals surface area contributed by atoms with Crippen LogP contribution in [0.2, 0.25) is 0 Å². The normalized spacial score (nSPS) is 13.2. The van der Waals surface area contributed by atoms with Gasteiger partial charge in [-0.3, -0.25) is 0 Å². The van der Waals surface area contributed by atoms with Crippen molar-refractivity contribution in [1.29, 1.82) is 0 Å². The first kappa shape index (κ1) is 14.8. The lowest BCUT2D eigenvalue weighted by Crippen LogP contribution is -2.20. The number of nitrogens with two attached hydrogens (primary N) is 1. The number of thiocarbonyl (C=S) groups is 1. The summed E-state index contributed by atoms with van der Waals surface area (Å²) in [6.07, 6.45) is -4.68. The molecule has 0 fully saturated rings. The van der Waals surface area contributed by atoms with Gasteiger partial charge in [0.25, 0.3) is 0 Å². The molecular formula is C10H8F5NOS. The first-order valence-corrected chi connectivity index (χ1v) is 5.11. The van der Waals surface area contributed by atoms with Crippen LogP contribution in [0.5, 0.6) is 5.75 Å². The van der Waals surface area contributed by atoms with Crippen LogP contribution in [0.25, 0.3) is 0 Å². The van der Waals surface area contributed by atoms with Gasteiger partial charge in [-0.25, -0.2) is 8.78 Å². The highest BCUT2D eigenvalue weighted by atomic mass is 32.1. The summed E-state index contributed by atoms with van der Waals surface area (Å²) in [4.78, 5) is 0. The van der Waals surface area contributed by atoms with Crippen LogP contribution in [0.1, 0.15) is 11.6 Å². The quantitative estimate of drug-likeness (QED) is 0.682. The number of alkyl halides is 3. The Morgan fingerprint density at radius 2 is 1.78 bits per heavy atom. The smallest absolute Gasteiger partial charge is 0.422 e. The molecular weight excluding hydrogens is 277 g/mol. The summed E-state index contributed by atoms with van der Waals surface area (Å²) in [5.74, 6) is -3.62. The maximum absolute atomic E-state index is 13.3. The molecule has 0 heterocycles. The van der Waals surface area contributed by atoms with Crippen molar-refractivity contribution in [2.45, 2.75) is 12.2 Å². The molecule has 100 valence electrons. The first-order valence-electron chi connectivity index (χ1n) is 4.64. The van der Waals surface area contributed by atoms with Crippen molar-refractivity contribution in [3.8, 4) is 5.75 Å². The fourth-order valence-corrected chi connectivity index (χ4v) is 1.30. The van der Waals surface area contributed by atoms with Crippen LogP contribution < -0.4 is 10.5 Å². The summed E-state index contributed by atoms with van der Waals surface area (Å²) in [6.45, 7) is -1.78. The van der Waals surface area contributed by atoms with E-state index in [0.717, 1.165) is 17.5 Å². The van der Waals surface area contributed by atoms with E-state index in [2.05, 4.69) is 17.0 Å². The monoisotopic (exact) mass is 285 g/mol. The molecule has 1 aromatic carbocycles. The Hall–Kier alpha value is -1.28. The Morgan fingerprint density at radius 3 is 2.17 bits per heavy atom. The topological polar surface area (TPSA) is 35.2 Å². The molecule has 0 radical (unpaired) electrons. The number of benzene rings is 1. The lowest BCUT2D eigenvalue weighted by atomic mass is 10.1. The summed E-state index contributed by atoms with van der Waals surface area (Å²) < 4.78 is 66.3. The first-order chi connectivity index (χ1) is 8.24. The molecule has 0 aliphatic carbocycles. The molecule has 1 aromatic rings. The van der Waals surface area contributed by atoms with Crippen LogP contribution >= 0.6 is 12.2 Å². The van der Waals surface area contributed by atoms with E-state index in [4.69, 9.17) is 5.73 Å². The molecule has 0 spiro atoms. The van der Waals surface area contributed by atoms with E-state index >= 15 is 0 Å². The van der Waals surface area contributed by atoms with E-state index in [1.54, 1.807) is 0 Å². The summed E-state index contributed by atoms with van der Waals surface area (Å²) in [6, 6.07) is 0.672. The van der Waals surface area contributed by atoms with Crippen molar-refractivity contribution >= 4 is 17.6 Å². The van der Waals surface area contributed by atoms with Crippen LogP contribution in [0, 0.1) is 11.6 Å². The van der Waals surface area contributed by atoms with Crippen molar-refractivity contribution in [2.75, 3.05) is 6.61 Å². The van der Waals surface area contributed by atoms with Gasteiger partial charge in [-0.15, -0.1) is 0 Å². The summed E-state index contributed by atoms with van der Waals surface area (Å²) >= 11 is 4.50. The molecule has 0 amide bonds. The van der Waals surface area contributed by atoms with Crippen LogP contribution in [-0.2, 0) is 0 Å². The molecule has 0 aliphatic rings. The van der Waals surface area contributed by atoms with E-state index in [1.807, 2.05) is 0 Å². The third kappa shape index (κ3) is 3.88. The van der Waals surface area contributed by atoms with E-state index in [1.165, 1.54) is 0 Å². The van der Waals surface area contributed by atoms with E-state index in [0.29, 0.717) is 0 Å². The third-order valence-electron chi connectivity index (χ3n) is 1.93. The Morgan fingerprint density at radius 1 is 1.28 bits per heavy atom. The summed E-state index contributed by atoms with van der Waals surface area (Å²) in [5.41, 5.74) is 5.42. The van der Waals surface area contributed by atoms with Gasteiger partial charge >= 0.3 is 6.18 Å². The van der Waals surface area contributed by atoms with E-state index in [9.17, 15) is 22.0 Å². The standard InChI is InChI=1S/C10H8F5NOS/c11-6-1-5(8(16)3-18)2-7(12)9(6)17-4-10(13,14)15/h1-3,8H,4,16H2.